The number of carbonyl (C=O) groups is 1. The fraction of sp³-hybridized carbons (Fsp3) is 0.412. The molecule has 1 aromatic heterocycles. The summed E-state index contributed by atoms with van der Waals surface area (Å²) in [5, 5.41) is 4.25. The normalized spacial score (nSPS) is 10.7. The van der Waals surface area contributed by atoms with Gasteiger partial charge >= 0.3 is 5.91 Å². The van der Waals surface area contributed by atoms with Crippen LogP contribution in [-0.2, 0) is 0 Å². The third-order valence-electron chi connectivity index (χ3n) is 3.65. The second kappa shape index (κ2) is 8.01. The molecule has 0 unspecified atom stereocenters. The number of amides is 1. The van der Waals surface area contributed by atoms with Crippen molar-refractivity contribution in [2.45, 2.75) is 27.2 Å². The zero-order chi connectivity index (χ0) is 17.7. The van der Waals surface area contributed by atoms with Gasteiger partial charge in [0, 0.05) is 17.5 Å². The number of aryl methyl sites for hydroxylation is 1. The highest BCUT2D eigenvalue weighted by atomic mass is 32.1. The van der Waals surface area contributed by atoms with Crippen LogP contribution in [0, 0.1) is 12.8 Å². The first-order chi connectivity index (χ1) is 11.4. The molecule has 2 rings (SSSR count). The van der Waals surface area contributed by atoms with Gasteiger partial charge in [0.1, 0.15) is 11.3 Å². The maximum absolute atomic E-state index is 12.3. The summed E-state index contributed by atoms with van der Waals surface area (Å²) >= 11 is 5.12. The summed E-state index contributed by atoms with van der Waals surface area (Å²) in [6.07, 6.45) is 1.00. The van der Waals surface area contributed by atoms with Gasteiger partial charge in [0.15, 0.2) is 10.9 Å². The number of carbonyl (C=O) groups excluding carboxylic acids is 1. The van der Waals surface area contributed by atoms with Crippen LogP contribution >= 0.6 is 12.2 Å². The molecule has 0 aliphatic rings. The maximum atomic E-state index is 12.3. The molecule has 7 heteroatoms. The Kier molecular flexibility index (Phi) is 6.03. The second-order valence-corrected chi connectivity index (χ2v) is 6.34. The minimum Gasteiger partial charge on any atom is -0.497 e. The van der Waals surface area contributed by atoms with Crippen molar-refractivity contribution in [3.05, 3.63) is 29.5 Å². The lowest BCUT2D eigenvalue weighted by Gasteiger charge is -2.11. The van der Waals surface area contributed by atoms with Gasteiger partial charge in [-0.2, -0.15) is 0 Å². The Bertz CT molecular complexity index is 740. The number of hydrogen-bond acceptors (Lipinski definition) is 4. The molecular formula is C17H23N3O3S. The average molecular weight is 349 g/mol. The first-order valence-electron chi connectivity index (χ1n) is 7.83. The average Bonchev–Trinajstić information content (AvgIpc) is 2.88. The minimum absolute atomic E-state index is 0.246. The lowest BCUT2D eigenvalue weighted by atomic mass is 10.1. The molecule has 1 amide bonds. The van der Waals surface area contributed by atoms with E-state index in [9.17, 15) is 4.79 Å². The predicted octanol–water partition coefficient (Wildman–Crippen LogP) is 2.90. The van der Waals surface area contributed by atoms with E-state index >= 15 is 0 Å². The molecular weight excluding hydrogens is 326 g/mol. The van der Waals surface area contributed by atoms with Crippen molar-refractivity contribution in [2.24, 2.45) is 5.92 Å². The molecule has 0 atom stereocenters. The molecule has 0 aliphatic heterocycles. The molecule has 0 bridgehead atoms. The van der Waals surface area contributed by atoms with E-state index in [-0.39, 0.29) is 11.7 Å². The van der Waals surface area contributed by atoms with Crippen LogP contribution in [0.25, 0.3) is 11.0 Å². The topological polar surface area (TPSA) is 75.5 Å². The molecule has 0 saturated heterocycles. The molecule has 130 valence electrons. The SMILES string of the molecule is COc1ccc2oc(C(=O)NNC(=S)NCCC(C)C)c(C)c2c1. The number of ether oxygens (including phenoxy) is 1. The summed E-state index contributed by atoms with van der Waals surface area (Å²) in [7, 11) is 1.60. The molecule has 6 nitrogen and oxygen atoms in total. The van der Waals surface area contributed by atoms with Crippen molar-refractivity contribution in [3.63, 3.8) is 0 Å². The van der Waals surface area contributed by atoms with Crippen molar-refractivity contribution < 1.29 is 13.9 Å². The smallest absolute Gasteiger partial charge is 0.305 e. The minimum atomic E-state index is -0.379. The van der Waals surface area contributed by atoms with Gasteiger partial charge in [0.2, 0.25) is 0 Å². The van der Waals surface area contributed by atoms with E-state index in [0.717, 1.165) is 23.9 Å². The van der Waals surface area contributed by atoms with Crippen molar-refractivity contribution in [1.29, 1.82) is 0 Å². The molecule has 2 aromatic rings. The van der Waals surface area contributed by atoms with E-state index in [1.807, 2.05) is 13.0 Å². The van der Waals surface area contributed by atoms with E-state index in [1.165, 1.54) is 0 Å². The van der Waals surface area contributed by atoms with Crippen molar-refractivity contribution >= 4 is 34.2 Å². The van der Waals surface area contributed by atoms with Crippen LogP contribution in [0.5, 0.6) is 5.75 Å². The largest absolute Gasteiger partial charge is 0.497 e. The standard InChI is InChI=1S/C17H23N3O3S/c1-10(2)7-8-18-17(24)20-19-16(21)15-11(3)13-9-12(22-4)5-6-14(13)23-15/h5-6,9-10H,7-8H2,1-4H3,(H,19,21)(H2,18,20,24). The third kappa shape index (κ3) is 4.38. The zero-order valence-corrected chi connectivity index (χ0v) is 15.2. The molecule has 1 aromatic carbocycles. The molecule has 0 spiro atoms. The maximum Gasteiger partial charge on any atom is 0.305 e. The Labute approximate surface area is 146 Å². The zero-order valence-electron chi connectivity index (χ0n) is 14.4. The lowest BCUT2D eigenvalue weighted by Crippen LogP contribution is -2.47. The van der Waals surface area contributed by atoms with Crippen molar-refractivity contribution in [1.82, 2.24) is 16.2 Å². The number of hydrogen-bond donors (Lipinski definition) is 3. The summed E-state index contributed by atoms with van der Waals surface area (Å²) in [5.74, 6) is 1.17. The quantitative estimate of drug-likeness (QED) is 0.569. The number of thiocarbonyl (C=S) groups is 1. The number of hydrazine groups is 1. The highest BCUT2D eigenvalue weighted by Crippen LogP contribution is 2.28. The van der Waals surface area contributed by atoms with E-state index in [1.54, 1.807) is 19.2 Å². The first kappa shape index (κ1) is 18.1. The molecule has 24 heavy (non-hydrogen) atoms. The van der Waals surface area contributed by atoms with Gasteiger partial charge in [0.05, 0.1) is 7.11 Å². The van der Waals surface area contributed by atoms with Gasteiger partial charge in [-0.15, -0.1) is 0 Å². The van der Waals surface area contributed by atoms with Gasteiger partial charge in [-0.25, -0.2) is 0 Å². The van der Waals surface area contributed by atoms with Crippen LogP contribution in [0.3, 0.4) is 0 Å². The van der Waals surface area contributed by atoms with Crippen LogP contribution in [0.1, 0.15) is 36.4 Å². The van der Waals surface area contributed by atoms with Gasteiger partial charge in [-0.1, -0.05) is 13.8 Å². The third-order valence-corrected chi connectivity index (χ3v) is 3.89. The number of methoxy groups -OCH3 is 1. The number of nitrogens with one attached hydrogen (secondary N) is 3. The Balaban J connectivity index is 1.98. The van der Waals surface area contributed by atoms with Gasteiger partial charge in [0.25, 0.3) is 0 Å². The summed E-state index contributed by atoms with van der Waals surface area (Å²) in [5.41, 5.74) is 6.62. The molecule has 0 fully saturated rings. The second-order valence-electron chi connectivity index (χ2n) is 5.94. The Morgan fingerprint density at radius 1 is 1.33 bits per heavy atom. The van der Waals surface area contributed by atoms with E-state index < -0.39 is 0 Å². The van der Waals surface area contributed by atoms with E-state index in [4.69, 9.17) is 21.4 Å². The molecule has 0 radical (unpaired) electrons. The van der Waals surface area contributed by atoms with Crippen LogP contribution in [-0.4, -0.2) is 24.7 Å². The molecule has 1 heterocycles. The number of rotatable bonds is 5. The molecule has 3 N–H and O–H groups in total. The Morgan fingerprint density at radius 2 is 2.08 bits per heavy atom. The van der Waals surface area contributed by atoms with E-state index in [2.05, 4.69) is 30.0 Å². The van der Waals surface area contributed by atoms with Crippen molar-refractivity contribution in [2.75, 3.05) is 13.7 Å². The number of fused-ring (bicyclic) bond motifs is 1. The van der Waals surface area contributed by atoms with Gasteiger partial charge < -0.3 is 14.5 Å². The van der Waals surface area contributed by atoms with Crippen LogP contribution in [0.4, 0.5) is 0 Å². The highest BCUT2D eigenvalue weighted by molar-refractivity contribution is 7.80. The highest BCUT2D eigenvalue weighted by Gasteiger charge is 2.18. The molecule has 0 saturated carbocycles. The monoisotopic (exact) mass is 349 g/mol. The Hall–Kier alpha value is -2.28. The van der Waals surface area contributed by atoms with Crippen molar-refractivity contribution in [3.8, 4) is 5.75 Å². The Morgan fingerprint density at radius 3 is 2.75 bits per heavy atom. The lowest BCUT2D eigenvalue weighted by molar-refractivity contribution is 0.0917. The summed E-state index contributed by atoms with van der Waals surface area (Å²) in [6, 6.07) is 5.42. The van der Waals surface area contributed by atoms with Gasteiger partial charge in [-0.3, -0.25) is 15.6 Å². The van der Waals surface area contributed by atoms with Crippen LogP contribution < -0.4 is 20.9 Å². The summed E-state index contributed by atoms with van der Waals surface area (Å²) in [4.78, 5) is 12.3. The fourth-order valence-electron chi connectivity index (χ4n) is 2.23. The van der Waals surface area contributed by atoms with Crippen LogP contribution in [0.2, 0.25) is 0 Å². The number of furan rings is 1. The predicted molar refractivity (Wildman–Crippen MR) is 98.2 cm³/mol. The summed E-state index contributed by atoms with van der Waals surface area (Å²) in [6.45, 7) is 6.86. The van der Waals surface area contributed by atoms with E-state index in [0.29, 0.717) is 22.4 Å². The first-order valence-corrected chi connectivity index (χ1v) is 8.24. The number of benzene rings is 1. The fourth-order valence-corrected chi connectivity index (χ4v) is 2.39. The van der Waals surface area contributed by atoms with Gasteiger partial charge in [-0.05, 0) is 49.7 Å². The van der Waals surface area contributed by atoms with Crippen LogP contribution in [0.15, 0.2) is 22.6 Å². The molecule has 0 aliphatic carbocycles. The summed E-state index contributed by atoms with van der Waals surface area (Å²) < 4.78 is 10.8.